The van der Waals surface area contributed by atoms with Gasteiger partial charge in [-0.3, -0.25) is 9.52 Å². The zero-order valence-corrected chi connectivity index (χ0v) is 16.4. The van der Waals surface area contributed by atoms with Crippen LogP contribution < -0.4 is 9.62 Å². The molecule has 2 aliphatic heterocycles. The molecule has 0 bridgehead atoms. The first-order chi connectivity index (χ1) is 13.3. The number of carbonyl (C=O) groups excluding carboxylic acids is 2. The van der Waals surface area contributed by atoms with Gasteiger partial charge in [0.1, 0.15) is 0 Å². The number of sulfonamides is 1. The van der Waals surface area contributed by atoms with Crippen molar-refractivity contribution in [3.63, 3.8) is 0 Å². The van der Waals surface area contributed by atoms with Crippen LogP contribution in [0.1, 0.15) is 40.7 Å². The number of nitrogens with one attached hydrogen (secondary N) is 1. The average molecular weight is 400 g/mol. The Bertz CT molecular complexity index is 1090. The lowest BCUT2D eigenvalue weighted by atomic mass is 9.97. The number of hydrogen-bond donors (Lipinski definition) is 1. The summed E-state index contributed by atoms with van der Waals surface area (Å²) in [6.45, 7) is 2.46. The van der Waals surface area contributed by atoms with Crippen molar-refractivity contribution >= 4 is 33.3 Å². The van der Waals surface area contributed by atoms with E-state index in [9.17, 15) is 18.0 Å². The Morgan fingerprint density at radius 2 is 2.00 bits per heavy atom. The molecule has 4 rings (SSSR count). The quantitative estimate of drug-likeness (QED) is 0.797. The fourth-order valence-corrected chi connectivity index (χ4v) is 5.05. The van der Waals surface area contributed by atoms with Gasteiger partial charge in [-0.1, -0.05) is 12.1 Å². The minimum Gasteiger partial charge on any atom is -0.465 e. The van der Waals surface area contributed by atoms with E-state index in [-0.39, 0.29) is 28.0 Å². The molecule has 0 aromatic heterocycles. The van der Waals surface area contributed by atoms with Gasteiger partial charge in [0.05, 0.1) is 34.9 Å². The molecule has 0 aliphatic carbocycles. The fourth-order valence-electron chi connectivity index (χ4n) is 3.88. The number of nitrogens with zero attached hydrogens (tertiary/aromatic N) is 1. The summed E-state index contributed by atoms with van der Waals surface area (Å²) in [6, 6.07) is 9.46. The van der Waals surface area contributed by atoms with Crippen molar-refractivity contribution in [2.75, 3.05) is 23.3 Å². The largest absolute Gasteiger partial charge is 0.465 e. The van der Waals surface area contributed by atoms with Crippen molar-refractivity contribution in [2.45, 2.75) is 30.6 Å². The van der Waals surface area contributed by atoms with Gasteiger partial charge in [0.2, 0.25) is 5.91 Å². The summed E-state index contributed by atoms with van der Waals surface area (Å²) in [4.78, 5) is 26.3. The number of carbonyl (C=O) groups is 2. The van der Waals surface area contributed by atoms with E-state index in [1.807, 2.05) is 0 Å². The van der Waals surface area contributed by atoms with Gasteiger partial charge in [-0.05, 0) is 55.2 Å². The summed E-state index contributed by atoms with van der Waals surface area (Å²) in [5.74, 6) is -0.990. The number of anilines is 2. The summed E-state index contributed by atoms with van der Waals surface area (Å²) in [7, 11) is -2.71. The van der Waals surface area contributed by atoms with Gasteiger partial charge >= 0.3 is 5.97 Å². The number of hydrogen-bond acceptors (Lipinski definition) is 5. The summed E-state index contributed by atoms with van der Waals surface area (Å²) in [6.07, 6.45) is 1.52. The number of para-hydroxylation sites is 1. The lowest BCUT2D eigenvalue weighted by molar-refractivity contribution is -0.119. The van der Waals surface area contributed by atoms with Gasteiger partial charge in [-0.25, -0.2) is 13.2 Å². The summed E-state index contributed by atoms with van der Waals surface area (Å²) in [5, 5.41) is 0. The van der Waals surface area contributed by atoms with E-state index in [1.54, 1.807) is 36.1 Å². The monoisotopic (exact) mass is 400 g/mol. The zero-order chi connectivity index (χ0) is 20.1. The molecule has 2 aliphatic rings. The molecule has 2 aromatic rings. The first-order valence-electron chi connectivity index (χ1n) is 9.02. The van der Waals surface area contributed by atoms with Crippen LogP contribution in [0, 0.1) is 0 Å². The van der Waals surface area contributed by atoms with Crippen molar-refractivity contribution < 1.29 is 22.7 Å². The van der Waals surface area contributed by atoms with Crippen molar-refractivity contribution in [1.29, 1.82) is 0 Å². The number of methoxy groups -OCH3 is 1. The van der Waals surface area contributed by atoms with E-state index in [2.05, 4.69) is 4.72 Å². The third-order valence-corrected chi connectivity index (χ3v) is 6.62. The fraction of sp³-hybridized carbons (Fsp3) is 0.300. The van der Waals surface area contributed by atoms with Crippen LogP contribution in [0.3, 0.4) is 0 Å². The van der Waals surface area contributed by atoms with E-state index >= 15 is 0 Å². The number of aryl methyl sites for hydroxylation is 1. The molecule has 0 saturated heterocycles. The van der Waals surface area contributed by atoms with E-state index in [0.29, 0.717) is 6.54 Å². The SMILES string of the molecule is COC(=O)c1ccccc1NS(=O)(=O)c1cc2c3c(c1)[C@H](C)C(=O)N3CCC2. The lowest BCUT2D eigenvalue weighted by Gasteiger charge is -2.26. The van der Waals surface area contributed by atoms with E-state index in [4.69, 9.17) is 4.74 Å². The smallest absolute Gasteiger partial charge is 0.339 e. The molecule has 8 heteroatoms. The van der Waals surface area contributed by atoms with E-state index < -0.39 is 16.0 Å². The molecule has 146 valence electrons. The van der Waals surface area contributed by atoms with Crippen LogP contribution in [-0.2, 0) is 26.0 Å². The van der Waals surface area contributed by atoms with Crippen molar-refractivity contribution in [3.05, 3.63) is 53.1 Å². The van der Waals surface area contributed by atoms with Gasteiger partial charge in [-0.2, -0.15) is 0 Å². The molecule has 0 saturated carbocycles. The van der Waals surface area contributed by atoms with Crippen LogP contribution in [0.15, 0.2) is 41.3 Å². The molecule has 2 aromatic carbocycles. The minimum atomic E-state index is -3.95. The van der Waals surface area contributed by atoms with Crippen LogP contribution in [0.2, 0.25) is 0 Å². The predicted molar refractivity (Wildman–Crippen MR) is 104 cm³/mol. The molecule has 0 radical (unpaired) electrons. The van der Waals surface area contributed by atoms with Crippen molar-refractivity contribution in [2.24, 2.45) is 0 Å². The van der Waals surface area contributed by atoms with Crippen LogP contribution in [0.4, 0.5) is 11.4 Å². The maximum atomic E-state index is 13.1. The maximum absolute atomic E-state index is 13.1. The number of ether oxygens (including phenoxy) is 1. The number of amides is 1. The molecule has 7 nitrogen and oxygen atoms in total. The summed E-state index contributed by atoms with van der Waals surface area (Å²) < 4.78 is 33.3. The van der Waals surface area contributed by atoms with Gasteiger partial charge in [0, 0.05) is 6.54 Å². The number of rotatable bonds is 4. The Balaban J connectivity index is 1.77. The third-order valence-electron chi connectivity index (χ3n) is 5.28. The molecule has 1 N–H and O–H groups in total. The van der Waals surface area contributed by atoms with Crippen LogP contribution >= 0.6 is 0 Å². The zero-order valence-electron chi connectivity index (χ0n) is 15.6. The van der Waals surface area contributed by atoms with Crippen LogP contribution in [0.5, 0.6) is 0 Å². The lowest BCUT2D eigenvalue weighted by Crippen LogP contribution is -2.32. The predicted octanol–water partition coefficient (Wildman–Crippen LogP) is 2.67. The standard InChI is InChI=1S/C20H20N2O5S/c1-12-16-11-14(10-13-6-5-9-22(18(13)16)19(12)23)28(25,26)21-17-8-4-3-7-15(17)20(24)27-2/h3-4,7-8,10-12,21H,5-6,9H2,1-2H3/t12-/m0/s1. The second kappa shape index (κ2) is 6.63. The Hall–Kier alpha value is -2.87. The highest BCUT2D eigenvalue weighted by atomic mass is 32.2. The number of benzene rings is 2. The molecule has 2 heterocycles. The molecule has 1 amide bonds. The second-order valence-corrected chi connectivity index (χ2v) is 8.66. The summed E-state index contributed by atoms with van der Waals surface area (Å²) >= 11 is 0. The topological polar surface area (TPSA) is 92.8 Å². The van der Waals surface area contributed by atoms with Gasteiger partial charge in [-0.15, -0.1) is 0 Å². The highest BCUT2D eigenvalue weighted by Gasteiger charge is 2.39. The molecule has 0 spiro atoms. The second-order valence-electron chi connectivity index (χ2n) is 6.98. The minimum absolute atomic E-state index is 0.00879. The molecule has 1 atom stereocenters. The first kappa shape index (κ1) is 18.5. The molecule has 0 fully saturated rings. The van der Waals surface area contributed by atoms with Crippen LogP contribution in [-0.4, -0.2) is 33.9 Å². The van der Waals surface area contributed by atoms with Crippen molar-refractivity contribution in [1.82, 2.24) is 0 Å². The Morgan fingerprint density at radius 3 is 2.75 bits per heavy atom. The van der Waals surface area contributed by atoms with Gasteiger partial charge in [0.25, 0.3) is 10.0 Å². The highest BCUT2D eigenvalue weighted by molar-refractivity contribution is 7.92. The van der Waals surface area contributed by atoms with Gasteiger partial charge in [0.15, 0.2) is 0 Å². The summed E-state index contributed by atoms with van der Waals surface area (Å²) in [5.41, 5.74) is 2.74. The van der Waals surface area contributed by atoms with Crippen LogP contribution in [0.25, 0.3) is 0 Å². The van der Waals surface area contributed by atoms with Gasteiger partial charge < -0.3 is 9.64 Å². The normalized spacial score (nSPS) is 18.0. The Labute approximate surface area is 163 Å². The number of esters is 1. The van der Waals surface area contributed by atoms with E-state index in [1.165, 1.54) is 19.2 Å². The van der Waals surface area contributed by atoms with E-state index in [0.717, 1.165) is 29.7 Å². The van der Waals surface area contributed by atoms with Crippen molar-refractivity contribution in [3.8, 4) is 0 Å². The Morgan fingerprint density at radius 1 is 1.25 bits per heavy atom. The maximum Gasteiger partial charge on any atom is 0.339 e. The molecular formula is C20H20N2O5S. The molecule has 28 heavy (non-hydrogen) atoms. The first-order valence-corrected chi connectivity index (χ1v) is 10.5. The average Bonchev–Trinajstić information content (AvgIpc) is 2.94. The molecule has 0 unspecified atom stereocenters. The molecular weight excluding hydrogens is 380 g/mol. The Kier molecular flexibility index (Phi) is 4.38. The third kappa shape index (κ3) is 2.84. The highest BCUT2D eigenvalue weighted by Crippen LogP contribution is 2.44.